The van der Waals surface area contributed by atoms with Gasteiger partial charge in [-0.2, -0.15) is 14.8 Å². The average Bonchev–Trinajstić information content (AvgIpc) is 3.27. The number of piperidine rings is 1. The summed E-state index contributed by atoms with van der Waals surface area (Å²) in [5.74, 6) is -0.905. The van der Waals surface area contributed by atoms with Crippen LogP contribution in [0.4, 0.5) is 5.82 Å². The van der Waals surface area contributed by atoms with Gasteiger partial charge in [-0.15, -0.1) is 0 Å². The van der Waals surface area contributed by atoms with E-state index in [4.69, 9.17) is 0 Å². The van der Waals surface area contributed by atoms with Crippen LogP contribution in [0, 0.1) is 18.8 Å². The Kier molecular flexibility index (Phi) is 4.82. The zero-order valence-corrected chi connectivity index (χ0v) is 16.1. The molecule has 9 heteroatoms. The maximum Gasteiger partial charge on any atom is 0.315 e. The third-order valence-electron chi connectivity index (χ3n) is 5.48. The van der Waals surface area contributed by atoms with Gasteiger partial charge in [0.25, 0.3) is 11.9 Å². The van der Waals surface area contributed by atoms with E-state index in [0.717, 1.165) is 37.8 Å². The Morgan fingerprint density at radius 2 is 2.04 bits per heavy atom. The Balaban J connectivity index is 1.54. The third kappa shape index (κ3) is 3.48. The molecule has 3 amide bonds. The first-order chi connectivity index (χ1) is 13.4. The molecule has 148 valence electrons. The van der Waals surface area contributed by atoms with Gasteiger partial charge in [0, 0.05) is 24.9 Å². The van der Waals surface area contributed by atoms with Crippen LogP contribution in [-0.2, 0) is 14.4 Å². The third-order valence-corrected chi connectivity index (χ3v) is 5.48. The van der Waals surface area contributed by atoms with Crippen LogP contribution in [0.2, 0.25) is 0 Å². The highest BCUT2D eigenvalue weighted by Gasteiger charge is 2.34. The number of aryl methyl sites for hydroxylation is 1. The smallest absolute Gasteiger partial charge is 0.315 e. The highest BCUT2D eigenvalue weighted by molar-refractivity contribution is 6.39. The standard InChI is InChI=1S/C19H24N6O3/c1-11-5-4-8-24(10-11)18(28)17(27)21-15-9-12(2)23-25(15)19-20-14-7-3-6-13(14)16(26)22-19/h9,11,13H,3-8,10H2,1-2H3,(H,21,27). The second-order valence-corrected chi connectivity index (χ2v) is 7.83. The van der Waals surface area contributed by atoms with Crippen molar-refractivity contribution in [2.45, 2.75) is 46.0 Å². The normalized spacial score (nSPS) is 24.5. The lowest BCUT2D eigenvalue weighted by atomic mass is 10.0. The number of anilines is 1. The minimum Gasteiger partial charge on any atom is -0.334 e. The van der Waals surface area contributed by atoms with E-state index in [1.165, 1.54) is 4.68 Å². The van der Waals surface area contributed by atoms with Gasteiger partial charge in [0.2, 0.25) is 0 Å². The van der Waals surface area contributed by atoms with E-state index in [0.29, 0.717) is 24.7 Å². The molecule has 0 spiro atoms. The molecule has 3 aliphatic rings. The van der Waals surface area contributed by atoms with Gasteiger partial charge in [-0.3, -0.25) is 14.4 Å². The number of fused-ring (bicyclic) bond motifs is 1. The van der Waals surface area contributed by atoms with Gasteiger partial charge in [0.05, 0.1) is 11.6 Å². The highest BCUT2D eigenvalue weighted by Crippen LogP contribution is 2.27. The summed E-state index contributed by atoms with van der Waals surface area (Å²) in [6.07, 6.45) is 4.42. The van der Waals surface area contributed by atoms with Crippen molar-refractivity contribution in [2.24, 2.45) is 21.8 Å². The van der Waals surface area contributed by atoms with Crippen molar-refractivity contribution in [3.8, 4) is 0 Å². The van der Waals surface area contributed by atoms with Crippen LogP contribution in [0.25, 0.3) is 0 Å². The Morgan fingerprint density at radius 1 is 1.21 bits per heavy atom. The minimum atomic E-state index is -0.718. The van der Waals surface area contributed by atoms with Gasteiger partial charge >= 0.3 is 11.8 Å². The SMILES string of the molecule is Cc1cc(NC(=O)C(=O)N2CCCC(C)C2)n(C2=NC(=O)C3CCCC3=N2)n1. The van der Waals surface area contributed by atoms with Crippen LogP contribution < -0.4 is 5.32 Å². The predicted molar refractivity (Wildman–Crippen MR) is 103 cm³/mol. The van der Waals surface area contributed by atoms with Crippen LogP contribution in [-0.4, -0.2) is 57.2 Å². The first-order valence-electron chi connectivity index (χ1n) is 9.79. The van der Waals surface area contributed by atoms with Gasteiger partial charge < -0.3 is 10.2 Å². The number of nitrogens with zero attached hydrogens (tertiary/aromatic N) is 5. The zero-order valence-electron chi connectivity index (χ0n) is 16.1. The molecule has 28 heavy (non-hydrogen) atoms. The quantitative estimate of drug-likeness (QED) is 0.738. The second kappa shape index (κ2) is 7.29. The van der Waals surface area contributed by atoms with Crippen molar-refractivity contribution in [3.05, 3.63) is 11.8 Å². The summed E-state index contributed by atoms with van der Waals surface area (Å²) in [5, 5.41) is 6.93. The van der Waals surface area contributed by atoms with Crippen molar-refractivity contribution in [1.82, 2.24) is 14.7 Å². The number of aliphatic imine (C=N–C) groups is 2. The molecular formula is C19H24N6O3. The summed E-state index contributed by atoms with van der Waals surface area (Å²) in [6.45, 7) is 5.01. The van der Waals surface area contributed by atoms with Gasteiger partial charge in [0.1, 0.15) is 5.82 Å². The molecule has 0 radical (unpaired) electrons. The molecular weight excluding hydrogens is 360 g/mol. The summed E-state index contributed by atoms with van der Waals surface area (Å²) >= 11 is 0. The highest BCUT2D eigenvalue weighted by atomic mass is 16.2. The molecule has 1 aromatic heterocycles. The van der Waals surface area contributed by atoms with E-state index >= 15 is 0 Å². The number of likely N-dealkylation sites (tertiary alicyclic amines) is 1. The van der Waals surface area contributed by atoms with Gasteiger partial charge in [-0.25, -0.2) is 4.99 Å². The molecule has 2 unspecified atom stereocenters. The maximum atomic E-state index is 12.5. The van der Waals surface area contributed by atoms with Crippen molar-refractivity contribution in [2.75, 3.05) is 18.4 Å². The van der Waals surface area contributed by atoms with Crippen LogP contribution in [0.15, 0.2) is 16.1 Å². The number of nitrogens with one attached hydrogen (secondary N) is 1. The number of amides is 3. The number of hydrogen-bond donors (Lipinski definition) is 1. The molecule has 2 atom stereocenters. The van der Waals surface area contributed by atoms with E-state index in [-0.39, 0.29) is 23.6 Å². The van der Waals surface area contributed by atoms with Crippen LogP contribution in [0.1, 0.15) is 44.7 Å². The topological polar surface area (TPSA) is 109 Å². The molecule has 4 rings (SSSR count). The first-order valence-corrected chi connectivity index (χ1v) is 9.79. The van der Waals surface area contributed by atoms with Crippen molar-refractivity contribution >= 4 is 35.2 Å². The monoisotopic (exact) mass is 384 g/mol. The summed E-state index contributed by atoms with van der Waals surface area (Å²) in [6, 6.07) is 1.64. The molecule has 2 aliphatic heterocycles. The zero-order chi connectivity index (χ0) is 19.8. The summed E-state index contributed by atoms with van der Waals surface area (Å²) in [5.41, 5.74) is 1.44. The lowest BCUT2D eigenvalue weighted by Gasteiger charge is -2.30. The molecule has 1 saturated heterocycles. The van der Waals surface area contributed by atoms with Crippen LogP contribution >= 0.6 is 0 Å². The number of carbonyl (C=O) groups excluding carboxylic acids is 3. The fourth-order valence-corrected chi connectivity index (χ4v) is 4.08. The molecule has 0 bridgehead atoms. The van der Waals surface area contributed by atoms with Crippen molar-refractivity contribution in [1.29, 1.82) is 0 Å². The number of rotatable bonds is 1. The molecule has 1 N–H and O–H groups in total. The Labute approximate surface area is 162 Å². The first kappa shape index (κ1) is 18.5. The van der Waals surface area contributed by atoms with Crippen LogP contribution in [0.3, 0.4) is 0 Å². The molecule has 1 aromatic rings. The molecule has 0 aromatic carbocycles. The molecule has 3 heterocycles. The van der Waals surface area contributed by atoms with E-state index < -0.39 is 11.8 Å². The Hall–Kier alpha value is -2.84. The Bertz CT molecular complexity index is 899. The van der Waals surface area contributed by atoms with Crippen LogP contribution in [0.5, 0.6) is 0 Å². The van der Waals surface area contributed by atoms with Gasteiger partial charge in [-0.05, 0) is 44.9 Å². The second-order valence-electron chi connectivity index (χ2n) is 7.83. The minimum absolute atomic E-state index is 0.139. The summed E-state index contributed by atoms with van der Waals surface area (Å²) in [4.78, 5) is 47.5. The number of hydrogen-bond acceptors (Lipinski definition) is 5. The predicted octanol–water partition coefficient (Wildman–Crippen LogP) is 1.37. The lowest BCUT2D eigenvalue weighted by molar-refractivity contribution is -0.144. The molecule has 1 aliphatic carbocycles. The summed E-state index contributed by atoms with van der Waals surface area (Å²) < 4.78 is 1.33. The van der Waals surface area contributed by atoms with Crippen molar-refractivity contribution in [3.63, 3.8) is 0 Å². The fraction of sp³-hybridized carbons (Fsp3) is 0.579. The van der Waals surface area contributed by atoms with E-state index in [9.17, 15) is 14.4 Å². The maximum absolute atomic E-state index is 12.5. The number of carbonyl (C=O) groups is 3. The average molecular weight is 384 g/mol. The largest absolute Gasteiger partial charge is 0.334 e. The van der Waals surface area contributed by atoms with Crippen molar-refractivity contribution < 1.29 is 14.4 Å². The Morgan fingerprint density at radius 3 is 2.82 bits per heavy atom. The van der Waals surface area contributed by atoms with E-state index in [1.807, 2.05) is 0 Å². The molecule has 9 nitrogen and oxygen atoms in total. The lowest BCUT2D eigenvalue weighted by Crippen LogP contribution is -2.45. The molecule has 1 saturated carbocycles. The van der Waals surface area contributed by atoms with E-state index in [2.05, 4.69) is 27.3 Å². The van der Waals surface area contributed by atoms with E-state index in [1.54, 1.807) is 17.9 Å². The van der Waals surface area contributed by atoms with Gasteiger partial charge in [0.15, 0.2) is 0 Å². The summed E-state index contributed by atoms with van der Waals surface area (Å²) in [7, 11) is 0. The number of aromatic nitrogens is 2. The fourth-order valence-electron chi connectivity index (χ4n) is 4.08. The molecule has 2 fully saturated rings. The van der Waals surface area contributed by atoms with Gasteiger partial charge in [-0.1, -0.05) is 6.92 Å².